The van der Waals surface area contributed by atoms with Crippen LogP contribution in [0.25, 0.3) is 10.9 Å². The number of carbonyl (C=O) groups excluding carboxylic acids is 1. The number of hydrogen-bond acceptors (Lipinski definition) is 6. The molecule has 5 rings (SSSR count). The fourth-order valence-corrected chi connectivity index (χ4v) is 5.58. The Morgan fingerprint density at radius 1 is 1.23 bits per heavy atom. The summed E-state index contributed by atoms with van der Waals surface area (Å²) in [5.74, 6) is -0.269. The van der Waals surface area contributed by atoms with Gasteiger partial charge in [-0.1, -0.05) is 11.3 Å². The molecular weight excluding hydrogens is 466 g/mol. The zero-order valence-corrected chi connectivity index (χ0v) is 20.0. The van der Waals surface area contributed by atoms with E-state index in [1.165, 1.54) is 24.3 Å². The predicted molar refractivity (Wildman–Crippen MR) is 129 cm³/mol. The van der Waals surface area contributed by atoms with Crippen molar-refractivity contribution in [3.63, 3.8) is 0 Å². The predicted octanol–water partition coefficient (Wildman–Crippen LogP) is 2.56. The first-order chi connectivity index (χ1) is 16.8. The highest BCUT2D eigenvalue weighted by Gasteiger charge is 2.25. The number of nitriles is 1. The number of fused-ring (bicyclic) bond motifs is 2. The monoisotopic (exact) mass is 489 g/mol. The molecule has 1 amide bonds. The lowest BCUT2D eigenvalue weighted by atomic mass is 9.95. The molecule has 1 aliphatic carbocycles. The highest BCUT2D eigenvalue weighted by molar-refractivity contribution is 7.92. The van der Waals surface area contributed by atoms with Gasteiger partial charge in [-0.15, -0.1) is 5.10 Å². The van der Waals surface area contributed by atoms with Crippen LogP contribution in [0.4, 0.5) is 5.69 Å². The number of sulfonamides is 1. The molecule has 0 saturated heterocycles. The topological polar surface area (TPSA) is 146 Å². The maximum atomic E-state index is 13.0. The molecule has 0 bridgehead atoms. The number of H-pyrrole nitrogens is 1. The molecule has 35 heavy (non-hydrogen) atoms. The molecule has 178 valence electrons. The van der Waals surface area contributed by atoms with Crippen molar-refractivity contribution >= 4 is 32.5 Å². The summed E-state index contributed by atoms with van der Waals surface area (Å²) in [6.07, 6.45) is 3.74. The Morgan fingerprint density at radius 3 is 2.74 bits per heavy atom. The van der Waals surface area contributed by atoms with E-state index in [-0.39, 0.29) is 16.8 Å². The second kappa shape index (κ2) is 8.56. The minimum absolute atomic E-state index is 0.0247. The van der Waals surface area contributed by atoms with Crippen LogP contribution < -0.4 is 10.0 Å². The third-order valence-electron chi connectivity index (χ3n) is 6.36. The molecule has 10 nitrogen and oxygen atoms in total. The third-order valence-corrected chi connectivity index (χ3v) is 7.74. The lowest BCUT2D eigenvalue weighted by molar-refractivity contribution is 0.0933. The van der Waals surface area contributed by atoms with E-state index in [2.05, 4.69) is 31.4 Å². The van der Waals surface area contributed by atoms with E-state index in [9.17, 15) is 18.5 Å². The number of aryl methyl sites for hydroxylation is 2. The maximum absolute atomic E-state index is 13.0. The fourth-order valence-electron chi connectivity index (χ4n) is 4.51. The number of anilines is 1. The van der Waals surface area contributed by atoms with Crippen molar-refractivity contribution in [2.75, 3.05) is 4.72 Å². The molecule has 2 aromatic carbocycles. The van der Waals surface area contributed by atoms with Crippen LogP contribution in [0.1, 0.15) is 39.3 Å². The summed E-state index contributed by atoms with van der Waals surface area (Å²) in [7, 11) is -2.06. The molecule has 0 fully saturated rings. The summed E-state index contributed by atoms with van der Waals surface area (Å²) >= 11 is 0. The lowest BCUT2D eigenvalue weighted by Gasteiger charge is -2.22. The van der Waals surface area contributed by atoms with E-state index in [0.29, 0.717) is 34.1 Å². The van der Waals surface area contributed by atoms with Gasteiger partial charge in [0.2, 0.25) is 0 Å². The van der Waals surface area contributed by atoms with Gasteiger partial charge < -0.3 is 10.3 Å². The molecule has 1 unspecified atom stereocenters. The highest BCUT2D eigenvalue weighted by Crippen LogP contribution is 2.30. The molecule has 2 heterocycles. The van der Waals surface area contributed by atoms with E-state index < -0.39 is 10.0 Å². The van der Waals surface area contributed by atoms with Crippen LogP contribution in [-0.4, -0.2) is 40.3 Å². The number of aromatic amines is 1. The highest BCUT2D eigenvalue weighted by atomic mass is 32.2. The van der Waals surface area contributed by atoms with Crippen molar-refractivity contribution < 1.29 is 13.2 Å². The molecule has 3 N–H and O–H groups in total. The number of benzene rings is 2. The molecule has 0 radical (unpaired) electrons. The summed E-state index contributed by atoms with van der Waals surface area (Å²) < 4.78 is 30.4. The number of carbonyl (C=O) groups is 1. The van der Waals surface area contributed by atoms with E-state index in [4.69, 9.17) is 0 Å². The van der Waals surface area contributed by atoms with Gasteiger partial charge in [-0.3, -0.25) is 14.2 Å². The van der Waals surface area contributed by atoms with Crippen molar-refractivity contribution in [2.24, 2.45) is 7.05 Å². The van der Waals surface area contributed by atoms with E-state index in [1.807, 2.05) is 14.0 Å². The number of nitrogens with one attached hydrogen (secondary N) is 3. The van der Waals surface area contributed by atoms with Gasteiger partial charge in [-0.2, -0.15) is 5.26 Å². The fraction of sp³-hybridized carbons (Fsp3) is 0.250. The van der Waals surface area contributed by atoms with E-state index in [1.54, 1.807) is 23.0 Å². The number of hydrogen-bond donors (Lipinski definition) is 3. The first-order valence-electron chi connectivity index (χ1n) is 11.1. The molecule has 0 saturated carbocycles. The Morgan fingerprint density at radius 2 is 2.00 bits per heavy atom. The molecule has 1 atom stereocenters. The third kappa shape index (κ3) is 4.13. The normalized spacial score (nSPS) is 15.4. The van der Waals surface area contributed by atoms with Crippen LogP contribution in [0.15, 0.2) is 47.5 Å². The number of aromatic nitrogens is 4. The molecule has 11 heteroatoms. The van der Waals surface area contributed by atoms with Crippen LogP contribution in [0, 0.1) is 18.3 Å². The maximum Gasteiger partial charge on any atom is 0.261 e. The molecule has 0 aliphatic heterocycles. The first kappa shape index (κ1) is 22.6. The largest absolute Gasteiger partial charge is 0.358 e. The van der Waals surface area contributed by atoms with Crippen molar-refractivity contribution in [2.45, 2.75) is 37.1 Å². The SMILES string of the molecule is Cc1ccc(NS(=O)(=O)c2ccc(C(=O)NC3CCc4c(nnn4C)C3)cc2)c2[nH]cc(C#N)c12. The summed E-state index contributed by atoms with van der Waals surface area (Å²) in [4.78, 5) is 15.7. The quantitative estimate of drug-likeness (QED) is 0.393. The average molecular weight is 490 g/mol. The average Bonchev–Trinajstić information content (AvgIpc) is 3.45. The smallest absolute Gasteiger partial charge is 0.261 e. The first-order valence-corrected chi connectivity index (χ1v) is 12.6. The molecule has 2 aromatic heterocycles. The summed E-state index contributed by atoms with van der Waals surface area (Å²) in [6, 6.07) is 11.3. The Balaban J connectivity index is 1.31. The zero-order chi connectivity index (χ0) is 24.7. The van der Waals surface area contributed by atoms with E-state index >= 15 is 0 Å². The van der Waals surface area contributed by atoms with Crippen molar-refractivity contribution in [1.82, 2.24) is 25.3 Å². The minimum atomic E-state index is -3.92. The van der Waals surface area contributed by atoms with Crippen LogP contribution in [0.5, 0.6) is 0 Å². The van der Waals surface area contributed by atoms with Crippen LogP contribution in [0.2, 0.25) is 0 Å². The number of nitrogens with zero attached hydrogens (tertiary/aromatic N) is 4. The Labute approximate surface area is 202 Å². The minimum Gasteiger partial charge on any atom is -0.358 e. The number of amides is 1. The van der Waals surface area contributed by atoms with Gasteiger partial charge in [0.1, 0.15) is 6.07 Å². The second-order valence-corrected chi connectivity index (χ2v) is 10.3. The van der Waals surface area contributed by atoms with Gasteiger partial charge >= 0.3 is 0 Å². The lowest BCUT2D eigenvalue weighted by Crippen LogP contribution is -2.39. The van der Waals surface area contributed by atoms with Gasteiger partial charge in [-0.05, 0) is 55.7 Å². The molecule has 0 spiro atoms. The Kier molecular flexibility index (Phi) is 5.53. The Bertz CT molecular complexity index is 1590. The summed E-state index contributed by atoms with van der Waals surface area (Å²) in [5, 5.41) is 21.2. The van der Waals surface area contributed by atoms with Gasteiger partial charge in [0, 0.05) is 36.7 Å². The van der Waals surface area contributed by atoms with E-state index in [0.717, 1.165) is 29.8 Å². The summed E-state index contributed by atoms with van der Waals surface area (Å²) in [6.45, 7) is 1.86. The van der Waals surface area contributed by atoms with Crippen molar-refractivity contribution in [3.05, 3.63) is 70.7 Å². The van der Waals surface area contributed by atoms with Crippen LogP contribution in [-0.2, 0) is 29.9 Å². The number of rotatable bonds is 5. The standard InChI is InChI=1S/C24H23N7O3S/c1-14-3-9-19(23-22(14)16(12-25)13-26-23)29-35(33,34)18-7-4-15(5-8-18)24(32)27-17-6-10-21-20(11-17)28-30-31(21)2/h3-5,7-9,13,17,26,29H,6,10-11H2,1-2H3,(H,27,32). The van der Waals surface area contributed by atoms with Crippen LogP contribution >= 0.6 is 0 Å². The zero-order valence-electron chi connectivity index (χ0n) is 19.2. The second-order valence-electron chi connectivity index (χ2n) is 8.64. The summed E-state index contributed by atoms with van der Waals surface area (Å²) in [5.41, 5.74) is 4.55. The molecular formula is C24H23N7O3S. The van der Waals surface area contributed by atoms with Gasteiger partial charge in [-0.25, -0.2) is 8.42 Å². The van der Waals surface area contributed by atoms with Crippen molar-refractivity contribution in [3.8, 4) is 6.07 Å². The molecule has 1 aliphatic rings. The van der Waals surface area contributed by atoms with Crippen molar-refractivity contribution in [1.29, 1.82) is 5.26 Å². The van der Waals surface area contributed by atoms with Gasteiger partial charge in [0.05, 0.1) is 33.1 Å². The Hall–Kier alpha value is -4.17. The van der Waals surface area contributed by atoms with Gasteiger partial charge in [0.25, 0.3) is 15.9 Å². The molecule has 4 aromatic rings. The van der Waals surface area contributed by atoms with Crippen LogP contribution in [0.3, 0.4) is 0 Å². The van der Waals surface area contributed by atoms with Gasteiger partial charge in [0.15, 0.2) is 0 Å².